The molecule has 0 radical (unpaired) electrons. The van der Waals surface area contributed by atoms with E-state index in [1.807, 2.05) is 20.8 Å². The van der Waals surface area contributed by atoms with Crippen LogP contribution in [0.1, 0.15) is 20.8 Å². The Morgan fingerprint density at radius 1 is 1.09 bits per heavy atom. The highest BCUT2D eigenvalue weighted by Gasteiger charge is 2.16. The van der Waals surface area contributed by atoms with Gasteiger partial charge in [0.2, 0.25) is 0 Å². The zero-order valence-corrected chi connectivity index (χ0v) is 13.5. The molecule has 0 aliphatic heterocycles. The summed E-state index contributed by atoms with van der Waals surface area (Å²) < 4.78 is 10.9. The van der Waals surface area contributed by atoms with Crippen LogP contribution in [0.3, 0.4) is 0 Å². The third kappa shape index (κ3) is 5.67. The number of carbonyl (C=O) groups is 1. The lowest BCUT2D eigenvalue weighted by Gasteiger charge is -2.19. The second-order valence-electron chi connectivity index (χ2n) is 6.06. The molecule has 0 aliphatic carbocycles. The Kier molecular flexibility index (Phi) is 5.29. The highest BCUT2D eigenvalue weighted by molar-refractivity contribution is 6.45. The summed E-state index contributed by atoms with van der Waals surface area (Å²) in [6, 6.07) is 14.2. The van der Waals surface area contributed by atoms with E-state index in [0.29, 0.717) is 17.2 Å². The van der Waals surface area contributed by atoms with Gasteiger partial charge in [0.05, 0.1) is 0 Å². The SMILES string of the molecule is CC(C)(C)OC(=O)Nc1cccc(Oc2ccc(BO)cc2)c1. The Labute approximate surface area is 136 Å². The lowest BCUT2D eigenvalue weighted by atomic mass is 9.89. The minimum absolute atomic E-state index is 0.00439. The van der Waals surface area contributed by atoms with E-state index in [1.54, 1.807) is 48.5 Å². The molecule has 0 heterocycles. The average molecular weight is 313 g/mol. The predicted molar refractivity (Wildman–Crippen MR) is 91.8 cm³/mol. The van der Waals surface area contributed by atoms with Gasteiger partial charge in [-0.15, -0.1) is 0 Å². The van der Waals surface area contributed by atoms with Crippen molar-refractivity contribution in [1.82, 2.24) is 0 Å². The topological polar surface area (TPSA) is 67.8 Å². The number of ether oxygens (including phenoxy) is 2. The third-order valence-corrected chi connectivity index (χ3v) is 2.82. The molecule has 1 amide bonds. The molecule has 2 aromatic carbocycles. The number of hydrogen-bond donors (Lipinski definition) is 2. The van der Waals surface area contributed by atoms with Crippen molar-refractivity contribution >= 4 is 24.7 Å². The van der Waals surface area contributed by atoms with E-state index in [1.165, 1.54) is 0 Å². The van der Waals surface area contributed by atoms with Gasteiger partial charge in [-0.05, 0) is 45.0 Å². The normalized spacial score (nSPS) is 10.8. The molecule has 0 saturated heterocycles. The van der Waals surface area contributed by atoms with E-state index in [4.69, 9.17) is 14.5 Å². The van der Waals surface area contributed by atoms with Gasteiger partial charge < -0.3 is 14.5 Å². The summed E-state index contributed by atoms with van der Waals surface area (Å²) in [5, 5.41) is 11.7. The fraction of sp³-hybridized carbons (Fsp3) is 0.235. The Balaban J connectivity index is 2.02. The van der Waals surface area contributed by atoms with Gasteiger partial charge in [0.25, 0.3) is 0 Å². The number of amides is 1. The highest BCUT2D eigenvalue weighted by atomic mass is 16.6. The summed E-state index contributed by atoms with van der Waals surface area (Å²) in [6.45, 7) is 5.42. The maximum absolute atomic E-state index is 11.8. The first-order chi connectivity index (χ1) is 10.9. The van der Waals surface area contributed by atoms with Crippen LogP contribution < -0.4 is 15.5 Å². The first kappa shape index (κ1) is 16.9. The third-order valence-electron chi connectivity index (χ3n) is 2.82. The van der Waals surface area contributed by atoms with Crippen molar-refractivity contribution in [3.8, 4) is 11.5 Å². The van der Waals surface area contributed by atoms with Gasteiger partial charge in [0.1, 0.15) is 17.1 Å². The molecular formula is C17H20BNO4. The largest absolute Gasteiger partial charge is 0.457 e. The molecule has 2 aromatic rings. The maximum Gasteiger partial charge on any atom is 0.412 e. The summed E-state index contributed by atoms with van der Waals surface area (Å²) in [7, 11) is -0.00439. The van der Waals surface area contributed by atoms with Crippen LogP contribution in [0.4, 0.5) is 10.5 Å². The van der Waals surface area contributed by atoms with Crippen molar-refractivity contribution < 1.29 is 19.3 Å². The minimum Gasteiger partial charge on any atom is -0.457 e. The first-order valence-corrected chi connectivity index (χ1v) is 7.33. The van der Waals surface area contributed by atoms with Gasteiger partial charge in [0, 0.05) is 11.8 Å². The Bertz CT molecular complexity index is 665. The zero-order chi connectivity index (χ0) is 16.9. The van der Waals surface area contributed by atoms with Gasteiger partial charge in [0.15, 0.2) is 0 Å². The number of anilines is 1. The van der Waals surface area contributed by atoms with Crippen LogP contribution in [0, 0.1) is 0 Å². The van der Waals surface area contributed by atoms with Gasteiger partial charge in [-0.25, -0.2) is 4.79 Å². The molecule has 6 heteroatoms. The number of rotatable bonds is 4. The van der Waals surface area contributed by atoms with Crippen LogP contribution in [0.25, 0.3) is 0 Å². The van der Waals surface area contributed by atoms with E-state index < -0.39 is 11.7 Å². The molecule has 23 heavy (non-hydrogen) atoms. The number of benzene rings is 2. The van der Waals surface area contributed by atoms with Crippen molar-refractivity contribution in [3.63, 3.8) is 0 Å². The molecule has 2 N–H and O–H groups in total. The Morgan fingerprint density at radius 3 is 2.39 bits per heavy atom. The molecule has 0 saturated carbocycles. The molecule has 0 atom stereocenters. The summed E-state index contributed by atoms with van der Waals surface area (Å²) in [6.07, 6.45) is -0.512. The lowest BCUT2D eigenvalue weighted by molar-refractivity contribution is 0.0636. The monoisotopic (exact) mass is 313 g/mol. The highest BCUT2D eigenvalue weighted by Crippen LogP contribution is 2.24. The molecule has 0 aliphatic rings. The summed E-state index contributed by atoms with van der Waals surface area (Å²) >= 11 is 0. The van der Waals surface area contributed by atoms with E-state index in [0.717, 1.165) is 5.46 Å². The Morgan fingerprint density at radius 2 is 1.78 bits per heavy atom. The van der Waals surface area contributed by atoms with Gasteiger partial charge in [-0.3, -0.25) is 5.32 Å². The van der Waals surface area contributed by atoms with Crippen LogP contribution in [-0.2, 0) is 4.74 Å². The Hall–Kier alpha value is -2.47. The summed E-state index contributed by atoms with van der Waals surface area (Å²) in [5.74, 6) is 1.24. The van der Waals surface area contributed by atoms with Gasteiger partial charge in [-0.2, -0.15) is 0 Å². The molecule has 0 aromatic heterocycles. The molecule has 0 bridgehead atoms. The van der Waals surface area contributed by atoms with E-state index in [2.05, 4.69) is 5.32 Å². The van der Waals surface area contributed by atoms with Crippen LogP contribution in [-0.4, -0.2) is 24.2 Å². The van der Waals surface area contributed by atoms with Crippen LogP contribution >= 0.6 is 0 Å². The standard InChI is InChI=1S/C17H20BNO4/c1-17(2,3)23-16(20)19-13-5-4-6-15(11-13)22-14-9-7-12(18-21)8-10-14/h4-11,18,21H,1-3H3,(H,19,20). The van der Waals surface area contributed by atoms with Crippen molar-refractivity contribution in [2.24, 2.45) is 0 Å². The molecule has 0 unspecified atom stereocenters. The van der Waals surface area contributed by atoms with Crippen molar-refractivity contribution in [2.45, 2.75) is 26.4 Å². The molecule has 5 nitrogen and oxygen atoms in total. The lowest BCUT2D eigenvalue weighted by Crippen LogP contribution is -2.27. The predicted octanol–water partition coefficient (Wildman–Crippen LogP) is 2.80. The second kappa shape index (κ2) is 7.20. The fourth-order valence-corrected chi connectivity index (χ4v) is 1.86. The quantitative estimate of drug-likeness (QED) is 0.852. The summed E-state index contributed by atoms with van der Waals surface area (Å²) in [5.41, 5.74) is 0.855. The van der Waals surface area contributed by atoms with Crippen molar-refractivity contribution in [1.29, 1.82) is 0 Å². The maximum atomic E-state index is 11.8. The smallest absolute Gasteiger partial charge is 0.412 e. The van der Waals surface area contributed by atoms with E-state index in [-0.39, 0.29) is 7.48 Å². The number of carbonyl (C=O) groups excluding carboxylic acids is 1. The summed E-state index contributed by atoms with van der Waals surface area (Å²) in [4.78, 5) is 11.8. The van der Waals surface area contributed by atoms with E-state index in [9.17, 15) is 4.79 Å². The van der Waals surface area contributed by atoms with Gasteiger partial charge >= 0.3 is 13.6 Å². The molecule has 2 rings (SSSR count). The van der Waals surface area contributed by atoms with Gasteiger partial charge in [-0.1, -0.05) is 23.7 Å². The number of hydrogen-bond acceptors (Lipinski definition) is 4. The van der Waals surface area contributed by atoms with Crippen molar-refractivity contribution in [2.75, 3.05) is 5.32 Å². The minimum atomic E-state index is -0.549. The molecule has 0 fully saturated rings. The van der Waals surface area contributed by atoms with Crippen LogP contribution in [0.15, 0.2) is 48.5 Å². The molecule has 0 spiro atoms. The fourth-order valence-electron chi connectivity index (χ4n) is 1.86. The second-order valence-corrected chi connectivity index (χ2v) is 6.06. The van der Waals surface area contributed by atoms with Crippen LogP contribution in [0.5, 0.6) is 11.5 Å². The van der Waals surface area contributed by atoms with Crippen molar-refractivity contribution in [3.05, 3.63) is 48.5 Å². The molecule has 120 valence electrons. The van der Waals surface area contributed by atoms with E-state index >= 15 is 0 Å². The average Bonchev–Trinajstić information content (AvgIpc) is 2.46. The molecular weight excluding hydrogens is 293 g/mol. The zero-order valence-electron chi connectivity index (χ0n) is 13.5. The first-order valence-electron chi connectivity index (χ1n) is 7.33. The van der Waals surface area contributed by atoms with Crippen LogP contribution in [0.2, 0.25) is 0 Å². The number of nitrogens with one attached hydrogen (secondary N) is 1.